The lowest BCUT2D eigenvalue weighted by molar-refractivity contribution is -0.137. The minimum Gasteiger partial charge on any atom is -0.386 e. The van der Waals surface area contributed by atoms with E-state index in [1.54, 1.807) is 0 Å². The van der Waals surface area contributed by atoms with Gasteiger partial charge in [0.25, 0.3) is 0 Å². The van der Waals surface area contributed by atoms with E-state index < -0.39 is 78.6 Å². The number of nitrogen functional groups attached to an aromatic ring is 1. The van der Waals surface area contributed by atoms with Crippen LogP contribution in [0, 0.1) is 5.41 Å². The van der Waals surface area contributed by atoms with Crippen molar-refractivity contribution in [2.24, 2.45) is 5.41 Å². The first kappa shape index (κ1) is 43.1. The maximum Gasteiger partial charge on any atom is 0.481 e. The van der Waals surface area contributed by atoms with Gasteiger partial charge in [0, 0.05) is 30.7 Å². The van der Waals surface area contributed by atoms with Crippen LogP contribution in [-0.2, 0) is 45.9 Å². The number of amides is 2. The van der Waals surface area contributed by atoms with Crippen molar-refractivity contribution in [2.75, 3.05) is 37.8 Å². The molecule has 3 heterocycles. The van der Waals surface area contributed by atoms with E-state index >= 15 is 0 Å². The van der Waals surface area contributed by atoms with E-state index in [-0.39, 0.29) is 43.3 Å². The summed E-state index contributed by atoms with van der Waals surface area (Å²) in [6.45, 7) is 0.723. The van der Waals surface area contributed by atoms with E-state index in [0.29, 0.717) is 12.3 Å². The molecular weight excluding hydrogens is 743 g/mol. The first-order chi connectivity index (χ1) is 22.2. The van der Waals surface area contributed by atoms with Crippen LogP contribution in [0.4, 0.5) is 5.82 Å². The number of fused-ring (bicyclic) bond motifs is 1. The monoisotopic (exact) mass is 783 g/mol. The highest BCUT2D eigenvalue weighted by Gasteiger charge is 2.50. The maximum atomic E-state index is 12.6. The van der Waals surface area contributed by atoms with Crippen LogP contribution < -0.4 is 16.4 Å². The number of carbonyl (C=O) groups excluding carboxylic acids is 2. The summed E-state index contributed by atoms with van der Waals surface area (Å²) >= 11 is 3.95. The number of hydrogen-bond donors (Lipinski definition) is 10. The molecule has 2 aromatic rings. The summed E-state index contributed by atoms with van der Waals surface area (Å²) in [5, 5.41) is 26.1. The van der Waals surface area contributed by atoms with Crippen molar-refractivity contribution in [3.8, 4) is 0 Å². The number of nitrogens with one attached hydrogen (secondary N) is 2. The second kappa shape index (κ2) is 17.4. The van der Waals surface area contributed by atoms with Gasteiger partial charge in [-0.15, -0.1) is 0 Å². The third-order valence-corrected chi connectivity index (χ3v) is 9.83. The molecule has 3 unspecified atom stereocenters. The first-order valence-corrected chi connectivity index (χ1v) is 18.8. The Bertz CT molecular complexity index is 1590. The van der Waals surface area contributed by atoms with Gasteiger partial charge in [0.2, 0.25) is 11.8 Å². The molecule has 0 radical (unpaired) electrons. The number of phosphoric ester groups is 3. The van der Waals surface area contributed by atoms with Crippen molar-refractivity contribution in [3.63, 3.8) is 0 Å². The van der Waals surface area contributed by atoms with Gasteiger partial charge in [-0.3, -0.25) is 27.7 Å². The SMILES string of the molecule is C.CC(C)(COP(=O)(O)OP(=O)(O)OC[C@H]1O[C@@H](n2cnc3c(N)ncnc32)C(O)[C@H]1OP(=O)(O)O)[C@@H](O)C(=O)NCCC(=O)NCCS. The summed E-state index contributed by atoms with van der Waals surface area (Å²) in [6, 6.07) is 0. The highest BCUT2D eigenvalue weighted by Crippen LogP contribution is 2.61. The van der Waals surface area contributed by atoms with Gasteiger partial charge >= 0.3 is 23.5 Å². The second-order valence-corrected chi connectivity index (χ2v) is 15.5. The van der Waals surface area contributed by atoms with E-state index in [1.807, 2.05) is 0 Å². The van der Waals surface area contributed by atoms with Gasteiger partial charge < -0.3 is 50.9 Å². The lowest BCUT2D eigenvalue weighted by Gasteiger charge is -2.30. The van der Waals surface area contributed by atoms with Gasteiger partial charge in [-0.1, -0.05) is 21.3 Å². The van der Waals surface area contributed by atoms with Gasteiger partial charge in [-0.05, 0) is 0 Å². The van der Waals surface area contributed by atoms with Crippen LogP contribution in [0.2, 0.25) is 0 Å². The van der Waals surface area contributed by atoms with E-state index in [4.69, 9.17) is 19.5 Å². The van der Waals surface area contributed by atoms with Crippen LogP contribution in [0.3, 0.4) is 0 Å². The topological polar surface area (TPSA) is 347 Å². The molecule has 0 aliphatic carbocycles. The third-order valence-electron chi connectivity index (χ3n) is 6.51. The van der Waals surface area contributed by atoms with Crippen molar-refractivity contribution in [2.45, 2.75) is 58.3 Å². The molecule has 0 aromatic carbocycles. The van der Waals surface area contributed by atoms with E-state index in [9.17, 15) is 53.1 Å². The van der Waals surface area contributed by atoms with Gasteiger partial charge in [-0.25, -0.2) is 28.6 Å². The Hall–Kier alpha value is -2.11. The Morgan fingerprint density at radius 2 is 1.76 bits per heavy atom. The smallest absolute Gasteiger partial charge is 0.386 e. The number of anilines is 1. The quantitative estimate of drug-likeness (QED) is 0.0638. The zero-order chi connectivity index (χ0) is 36.1. The number of aliphatic hydroxyl groups excluding tert-OH is 2. The van der Waals surface area contributed by atoms with Gasteiger partial charge in [0.05, 0.1) is 19.5 Å². The summed E-state index contributed by atoms with van der Waals surface area (Å²) in [7, 11) is -16.3. The van der Waals surface area contributed by atoms with Crippen molar-refractivity contribution in [1.29, 1.82) is 0 Å². The first-order valence-electron chi connectivity index (χ1n) is 13.7. The number of imidazole rings is 1. The molecule has 280 valence electrons. The lowest BCUT2D eigenvalue weighted by atomic mass is 9.87. The zero-order valence-corrected chi connectivity index (χ0v) is 28.8. The molecule has 1 fully saturated rings. The molecule has 23 nitrogen and oxygen atoms in total. The molecule has 2 amide bonds. The summed E-state index contributed by atoms with van der Waals surface area (Å²) in [4.78, 5) is 74.6. The highest BCUT2D eigenvalue weighted by molar-refractivity contribution is 7.80. The van der Waals surface area contributed by atoms with Gasteiger partial charge in [-0.2, -0.15) is 16.9 Å². The molecule has 10 N–H and O–H groups in total. The van der Waals surface area contributed by atoms with E-state index in [1.165, 1.54) is 13.8 Å². The maximum absolute atomic E-state index is 12.6. The Balaban J connectivity index is 0.00000833. The molecule has 1 aliphatic heterocycles. The van der Waals surface area contributed by atoms with E-state index in [2.05, 4.69) is 47.0 Å². The Morgan fingerprint density at radius 3 is 2.39 bits per heavy atom. The summed E-state index contributed by atoms with van der Waals surface area (Å²) < 4.78 is 61.7. The average molecular weight is 784 g/mol. The van der Waals surface area contributed by atoms with E-state index in [0.717, 1.165) is 17.2 Å². The summed E-state index contributed by atoms with van der Waals surface area (Å²) in [5.74, 6) is -0.943. The van der Waals surface area contributed by atoms with Crippen LogP contribution >= 0.6 is 36.1 Å². The van der Waals surface area contributed by atoms with Crippen molar-refractivity contribution >= 4 is 64.9 Å². The molecule has 1 saturated heterocycles. The molecule has 27 heteroatoms. The molecule has 0 spiro atoms. The molecule has 1 aliphatic rings. The molecular formula is C22H40N7O16P3S. The van der Waals surface area contributed by atoms with Crippen molar-refractivity contribution < 1.29 is 75.7 Å². The Kier molecular flexibility index (Phi) is 15.3. The average Bonchev–Trinajstić information content (AvgIpc) is 3.54. The minimum atomic E-state index is -5.54. The van der Waals surface area contributed by atoms with Crippen LogP contribution in [0.1, 0.15) is 33.9 Å². The highest BCUT2D eigenvalue weighted by atomic mass is 32.1. The summed E-state index contributed by atoms with van der Waals surface area (Å²) in [5.41, 5.74) is 4.30. The fraction of sp³-hybridized carbons (Fsp3) is 0.682. The zero-order valence-electron chi connectivity index (χ0n) is 25.2. The summed E-state index contributed by atoms with van der Waals surface area (Å²) in [6.07, 6.45) is -6.74. The minimum absolute atomic E-state index is 0. The van der Waals surface area contributed by atoms with Crippen molar-refractivity contribution in [3.05, 3.63) is 12.7 Å². The second-order valence-electron chi connectivity index (χ2n) is 10.8. The number of rotatable bonds is 18. The van der Waals surface area contributed by atoms with Crippen LogP contribution in [-0.4, -0.2) is 118 Å². The van der Waals surface area contributed by atoms with Gasteiger partial charge in [0.15, 0.2) is 17.7 Å². The number of aromatic nitrogens is 4. The predicted molar refractivity (Wildman–Crippen MR) is 170 cm³/mol. The molecule has 0 bridgehead atoms. The number of hydrogen-bond acceptors (Lipinski definition) is 17. The molecule has 0 saturated carbocycles. The van der Waals surface area contributed by atoms with Crippen LogP contribution in [0.5, 0.6) is 0 Å². The number of carbonyl (C=O) groups is 2. The van der Waals surface area contributed by atoms with Crippen LogP contribution in [0.25, 0.3) is 11.2 Å². The standard InChI is InChI=1S/C21H36N7O16P3S.CH4/c1-21(2,16(31)19(32)24-4-3-12(29)23-5-6-48)8-41-47(38,39)44-46(36,37)40-7-11-15(43-45(33,34)35)14(30)20(42-11)28-10-27-13-17(22)25-9-26-18(13)28;/h9-11,14-16,20,30-31,48H,3-8H2,1-2H3,(H,23,29)(H,24,32)(H,36,37)(H,38,39)(H2,22,25,26)(H2,33,34,35);1H4/t11-,14?,15+,16+,20-;/m1./s1. The van der Waals surface area contributed by atoms with Gasteiger partial charge in [0.1, 0.15) is 36.3 Å². The third kappa shape index (κ3) is 12.3. The lowest BCUT2D eigenvalue weighted by Crippen LogP contribution is -2.46. The molecule has 2 aromatic heterocycles. The number of nitrogens with two attached hydrogens (primary N) is 1. The number of phosphoric acid groups is 3. The molecule has 49 heavy (non-hydrogen) atoms. The predicted octanol–water partition coefficient (Wildman–Crippen LogP) is -1.03. The Labute approximate surface area is 284 Å². The fourth-order valence-electron chi connectivity index (χ4n) is 4.14. The van der Waals surface area contributed by atoms with Crippen LogP contribution in [0.15, 0.2) is 12.7 Å². The number of thiol groups is 1. The Morgan fingerprint density at radius 1 is 1.10 bits per heavy atom. The largest absolute Gasteiger partial charge is 0.481 e. The number of ether oxygens (including phenoxy) is 1. The fourth-order valence-corrected chi connectivity index (χ4v) is 7.08. The molecule has 3 rings (SSSR count). The van der Waals surface area contributed by atoms with Crippen molar-refractivity contribution in [1.82, 2.24) is 30.2 Å². The molecule has 7 atom stereocenters. The number of aliphatic hydroxyl groups is 2. The number of nitrogens with zero attached hydrogens (tertiary/aromatic N) is 4. The normalized spacial score (nSPS) is 22.9.